The molecule has 0 spiro atoms. The summed E-state index contributed by atoms with van der Waals surface area (Å²) in [5.41, 5.74) is -0.490. The van der Waals surface area contributed by atoms with Crippen LogP contribution >= 0.6 is 8.41 Å². The number of amides is 1. The van der Waals surface area contributed by atoms with Crippen LogP contribution in [-0.2, 0) is 20.5 Å². The van der Waals surface area contributed by atoms with Crippen LogP contribution in [0.3, 0.4) is 0 Å². The summed E-state index contributed by atoms with van der Waals surface area (Å²) < 4.78 is 24.9. The molecule has 4 unspecified atom stereocenters. The van der Waals surface area contributed by atoms with Crippen molar-refractivity contribution < 1.29 is 19.2 Å². The van der Waals surface area contributed by atoms with Crippen LogP contribution < -0.4 is 16.6 Å². The van der Waals surface area contributed by atoms with Gasteiger partial charge in [0.25, 0.3) is 5.56 Å². The Labute approximate surface area is 167 Å². The Morgan fingerprint density at radius 2 is 2.38 bits per heavy atom. The first-order valence-corrected chi connectivity index (χ1v) is 9.86. The van der Waals surface area contributed by atoms with Crippen LogP contribution in [0, 0.1) is 0 Å². The maximum absolute atomic E-state index is 12.1. The number of nitrogens with zero attached hydrogens (tertiary/aromatic N) is 2. The number of carbonyl (C=O) groups excluding carboxylic acids is 1. The molecule has 2 aromatic rings. The highest BCUT2D eigenvalue weighted by molar-refractivity contribution is 7.23. The molecule has 154 valence electrons. The van der Waals surface area contributed by atoms with Gasteiger partial charge >= 0.3 is 15.4 Å². The molecule has 1 aliphatic heterocycles. The van der Waals surface area contributed by atoms with Gasteiger partial charge in [-0.15, -0.1) is 0 Å². The van der Waals surface area contributed by atoms with E-state index in [-0.39, 0.29) is 37.0 Å². The molecule has 3 rings (SSSR count). The van der Waals surface area contributed by atoms with Gasteiger partial charge in [-0.25, -0.2) is 9.78 Å². The molecule has 0 bridgehead atoms. The fourth-order valence-corrected chi connectivity index (χ4v) is 3.41. The Kier molecular flexibility index (Phi) is 6.40. The number of ether oxygens (including phenoxy) is 1. The topological polar surface area (TPSA) is 159 Å². The summed E-state index contributed by atoms with van der Waals surface area (Å²) >= 11 is 0. The van der Waals surface area contributed by atoms with Crippen molar-refractivity contribution in [1.29, 1.82) is 1.28 Å². The predicted molar refractivity (Wildman–Crippen MR) is 104 cm³/mol. The van der Waals surface area contributed by atoms with E-state index in [1.165, 1.54) is 18.6 Å². The fraction of sp³-hybridized carbons (Fsp3) is 0.412. The molecule has 4 N–H and O–H groups in total. The lowest BCUT2D eigenvalue weighted by Crippen LogP contribution is -2.33. The fourth-order valence-electron chi connectivity index (χ4n) is 2.93. The van der Waals surface area contributed by atoms with E-state index in [4.69, 9.17) is 6.02 Å². The molecule has 1 saturated heterocycles. The molecule has 12 heteroatoms. The average molecular weight is 424 g/mol. The molecule has 3 heterocycles. The van der Waals surface area contributed by atoms with E-state index in [9.17, 15) is 24.1 Å². The number of H-pyrrole nitrogens is 2. The van der Waals surface area contributed by atoms with Crippen LogP contribution in [0.4, 0.5) is 0 Å². The first kappa shape index (κ1) is 19.4. The van der Waals surface area contributed by atoms with E-state index in [0.29, 0.717) is 5.69 Å². The number of rotatable bonds is 8. The Morgan fingerprint density at radius 3 is 3.10 bits per heavy atom. The molecule has 1 fully saturated rings. The van der Waals surface area contributed by atoms with Crippen molar-refractivity contribution in [3.63, 3.8) is 0 Å². The third-order valence-corrected chi connectivity index (χ3v) is 4.89. The lowest BCUT2D eigenvalue weighted by molar-refractivity contribution is -0.120. The number of carbonyl (C=O) groups is 1. The Bertz CT molecular complexity index is 1050. The zero-order chi connectivity index (χ0) is 21.7. The highest BCUT2D eigenvalue weighted by atomic mass is 31.1. The average Bonchev–Trinajstić information content (AvgIpc) is 3.30. The van der Waals surface area contributed by atoms with Crippen molar-refractivity contribution in [2.45, 2.75) is 31.3 Å². The minimum Gasteiger partial charge on any atom is -0.390 e. The second kappa shape index (κ2) is 9.55. The smallest absolute Gasteiger partial charge is 0.388 e. The number of aliphatic hydroxyl groups is 1. The van der Waals surface area contributed by atoms with Gasteiger partial charge in [0.2, 0.25) is 5.91 Å². The van der Waals surface area contributed by atoms with Gasteiger partial charge in [-0.3, -0.25) is 19.1 Å². The maximum Gasteiger partial charge on any atom is 0.388 e. The second-order valence-electron chi connectivity index (χ2n) is 6.45. The summed E-state index contributed by atoms with van der Waals surface area (Å²) in [6.07, 6.45) is 4.75. The molecule has 0 radical (unpaired) electrons. The van der Waals surface area contributed by atoms with Gasteiger partial charge in [0.15, 0.2) is 6.16 Å². The molecule has 2 aromatic heterocycles. The van der Waals surface area contributed by atoms with Crippen molar-refractivity contribution in [1.82, 2.24) is 24.8 Å². The van der Waals surface area contributed by atoms with Crippen molar-refractivity contribution in [2.24, 2.45) is 0 Å². The van der Waals surface area contributed by atoms with Gasteiger partial charge < -0.3 is 20.1 Å². The first-order valence-electron chi connectivity index (χ1n) is 9.31. The molecule has 1 aliphatic rings. The van der Waals surface area contributed by atoms with Crippen LogP contribution in [0.15, 0.2) is 34.4 Å². The largest absolute Gasteiger partial charge is 0.390 e. The van der Waals surface area contributed by atoms with E-state index in [1.807, 2.05) is 0 Å². The van der Waals surface area contributed by atoms with Crippen molar-refractivity contribution >= 4 is 20.4 Å². The van der Waals surface area contributed by atoms with Crippen LogP contribution in [0.2, 0.25) is 0 Å². The number of hydrogen-bond donors (Lipinski definition) is 4. The lowest BCUT2D eigenvalue weighted by Gasteiger charge is -2.13. The zero-order valence-electron chi connectivity index (χ0n) is 16.3. The minimum absolute atomic E-state index is 0.0621. The third kappa shape index (κ3) is 5.35. The van der Waals surface area contributed by atoms with E-state index < -0.39 is 38.1 Å². The molecule has 11 nitrogen and oxygen atoms in total. The summed E-state index contributed by atoms with van der Waals surface area (Å²) in [7, 11) is -2.26. The maximum atomic E-state index is 12.1. The minimum atomic E-state index is -2.26. The monoisotopic (exact) mass is 424 g/mol. The SMILES string of the molecule is [3H][P+](=O)CC1OC(n2cc(/C=C/CNC(=O)Cc3cnc[nH]3)c(=O)[nH]c2=O)CC1O. The number of imidazole rings is 1. The molecular weight excluding hydrogens is 401 g/mol. The van der Waals surface area contributed by atoms with Gasteiger partial charge in [0.1, 0.15) is 12.3 Å². The summed E-state index contributed by atoms with van der Waals surface area (Å²) in [6.45, 7) is 0.169. The number of aliphatic hydroxyl groups excluding tert-OH is 1. The summed E-state index contributed by atoms with van der Waals surface area (Å²) in [6, 6.07) is 0. The number of nitrogens with one attached hydrogen (secondary N) is 3. The molecule has 0 saturated carbocycles. The third-order valence-electron chi connectivity index (χ3n) is 4.38. The molecule has 1 amide bonds. The standard InChI is InChI=1S/C17H20N5O6P/c23-12-5-15(28-13(12)8-29-27)22-7-10(16(25)21-17(22)26)2-1-3-19-14(24)4-11-6-18-9-20-11/h1-2,6-7,9,12-13,15,23H,3-5,8H2,(H,18,20)(H,19,24)(H,21,25,26)/p+1/b2-1+/i/hT. The second-order valence-corrected chi connectivity index (χ2v) is 7.08. The molecular formula is C17H21N5O6P+. The van der Waals surface area contributed by atoms with Gasteiger partial charge in [-0.2, -0.15) is 0 Å². The molecule has 0 aromatic carbocycles. The van der Waals surface area contributed by atoms with Crippen LogP contribution in [0.5, 0.6) is 0 Å². The van der Waals surface area contributed by atoms with Crippen LogP contribution in [-0.4, -0.2) is 56.7 Å². The Hall–Kier alpha value is -2.88. The number of aromatic amines is 2. The Morgan fingerprint density at radius 1 is 1.55 bits per heavy atom. The highest BCUT2D eigenvalue weighted by Crippen LogP contribution is 2.29. The Balaban J connectivity index is 1.64. The van der Waals surface area contributed by atoms with Crippen molar-refractivity contribution in [2.75, 3.05) is 12.7 Å². The quantitative estimate of drug-likeness (QED) is 0.408. The molecule has 0 aliphatic carbocycles. The van der Waals surface area contributed by atoms with E-state index in [2.05, 4.69) is 20.3 Å². The van der Waals surface area contributed by atoms with Gasteiger partial charge in [-0.05, 0) is 0 Å². The van der Waals surface area contributed by atoms with Gasteiger partial charge in [0.05, 0.1) is 24.4 Å². The normalized spacial score (nSPS) is 22.6. The highest BCUT2D eigenvalue weighted by Gasteiger charge is 2.37. The van der Waals surface area contributed by atoms with Crippen LogP contribution in [0.1, 0.15) is 23.9 Å². The summed E-state index contributed by atoms with van der Waals surface area (Å²) in [4.78, 5) is 44.8. The summed E-state index contributed by atoms with van der Waals surface area (Å²) in [5.74, 6) is -0.227. The molecule has 29 heavy (non-hydrogen) atoms. The summed E-state index contributed by atoms with van der Waals surface area (Å²) in [5, 5.41) is 12.7. The number of aromatic nitrogens is 4. The van der Waals surface area contributed by atoms with Gasteiger partial charge in [0, 0.05) is 31.1 Å². The first-order chi connectivity index (χ1) is 14.3. The predicted octanol–water partition coefficient (Wildman–Crippen LogP) is -0.696. The van der Waals surface area contributed by atoms with E-state index in [1.54, 1.807) is 12.3 Å². The van der Waals surface area contributed by atoms with Crippen molar-refractivity contribution in [3.05, 3.63) is 56.9 Å². The van der Waals surface area contributed by atoms with Crippen molar-refractivity contribution in [3.8, 4) is 0 Å². The zero-order valence-corrected chi connectivity index (χ0v) is 16.2. The van der Waals surface area contributed by atoms with E-state index >= 15 is 0 Å². The van der Waals surface area contributed by atoms with Gasteiger partial charge in [-0.1, -0.05) is 16.7 Å². The lowest BCUT2D eigenvalue weighted by atomic mass is 10.2. The molecule has 4 atom stereocenters. The van der Waals surface area contributed by atoms with Crippen LogP contribution in [0.25, 0.3) is 6.08 Å². The number of hydrogen-bond acceptors (Lipinski definition) is 7. The van der Waals surface area contributed by atoms with E-state index in [0.717, 1.165) is 4.57 Å².